The maximum Gasteiger partial charge on any atom is 0.330 e. The number of nitrogens with one attached hydrogen (secondary N) is 1. The van der Waals surface area contributed by atoms with Gasteiger partial charge in [0.1, 0.15) is 5.82 Å². The highest BCUT2D eigenvalue weighted by molar-refractivity contribution is 9.10. The molecule has 1 aromatic carbocycles. The lowest BCUT2D eigenvalue weighted by molar-refractivity contribution is -0.118. The van der Waals surface area contributed by atoms with E-state index >= 15 is 0 Å². The van der Waals surface area contributed by atoms with Crippen LogP contribution in [0.3, 0.4) is 0 Å². The highest BCUT2D eigenvalue weighted by Crippen LogP contribution is 2.20. The third kappa shape index (κ3) is 6.04. The van der Waals surface area contributed by atoms with Crippen LogP contribution < -0.4 is 21.9 Å². The number of anilines is 2. The van der Waals surface area contributed by atoms with E-state index in [1.807, 2.05) is 38.1 Å². The first-order chi connectivity index (χ1) is 13.7. The van der Waals surface area contributed by atoms with E-state index in [9.17, 15) is 14.4 Å². The summed E-state index contributed by atoms with van der Waals surface area (Å²) < 4.78 is 7.29. The van der Waals surface area contributed by atoms with Crippen LogP contribution in [0.15, 0.2) is 38.3 Å². The fourth-order valence-electron chi connectivity index (χ4n) is 2.99. The molecule has 0 spiro atoms. The number of rotatable bonds is 9. The van der Waals surface area contributed by atoms with Crippen LogP contribution in [0.25, 0.3) is 0 Å². The van der Waals surface area contributed by atoms with E-state index in [2.05, 4.69) is 20.9 Å². The number of hydrogen-bond donors (Lipinski definition) is 2. The first-order valence-electron chi connectivity index (χ1n) is 9.41. The van der Waals surface area contributed by atoms with E-state index in [1.165, 1.54) is 9.47 Å². The van der Waals surface area contributed by atoms with Gasteiger partial charge in [-0.1, -0.05) is 41.9 Å². The first-order valence-corrected chi connectivity index (χ1v) is 10.2. The van der Waals surface area contributed by atoms with Gasteiger partial charge in [-0.3, -0.25) is 19.1 Å². The summed E-state index contributed by atoms with van der Waals surface area (Å²) in [5.41, 5.74) is 5.76. The lowest BCUT2D eigenvalue weighted by Gasteiger charge is -2.25. The minimum absolute atomic E-state index is 0.00321. The molecule has 0 bridgehead atoms. The van der Waals surface area contributed by atoms with Crippen molar-refractivity contribution in [1.29, 1.82) is 0 Å². The molecule has 0 aliphatic heterocycles. The average Bonchev–Trinajstić information content (AvgIpc) is 2.65. The van der Waals surface area contributed by atoms with E-state index in [4.69, 9.17) is 10.5 Å². The zero-order valence-corrected chi connectivity index (χ0v) is 18.5. The summed E-state index contributed by atoms with van der Waals surface area (Å²) in [6.07, 6.45) is 0.618. The summed E-state index contributed by atoms with van der Waals surface area (Å²) in [6.45, 7) is 4.88. The molecular weight excluding hydrogens is 440 g/mol. The molecule has 0 unspecified atom stereocenters. The molecule has 0 saturated heterocycles. The second-order valence-corrected chi connectivity index (χ2v) is 8.11. The number of carbonyl (C=O) groups excluding carboxylic acids is 1. The van der Waals surface area contributed by atoms with Gasteiger partial charge in [0.25, 0.3) is 5.56 Å². The molecule has 1 heterocycles. The van der Waals surface area contributed by atoms with Crippen LogP contribution in [-0.2, 0) is 22.5 Å². The van der Waals surface area contributed by atoms with Crippen molar-refractivity contribution in [3.63, 3.8) is 0 Å². The van der Waals surface area contributed by atoms with Crippen molar-refractivity contribution in [2.45, 2.75) is 33.2 Å². The molecule has 9 heteroatoms. The Morgan fingerprint density at radius 1 is 1.28 bits per heavy atom. The van der Waals surface area contributed by atoms with Crippen molar-refractivity contribution in [3.8, 4) is 0 Å². The van der Waals surface area contributed by atoms with E-state index in [-0.39, 0.29) is 36.3 Å². The molecule has 158 valence electrons. The Labute approximate surface area is 177 Å². The Morgan fingerprint density at radius 3 is 2.52 bits per heavy atom. The number of aromatic amines is 1. The fraction of sp³-hybridized carbons (Fsp3) is 0.450. The molecule has 0 aliphatic carbocycles. The van der Waals surface area contributed by atoms with Crippen LogP contribution in [-0.4, -0.2) is 35.7 Å². The molecule has 1 amide bonds. The van der Waals surface area contributed by atoms with E-state index in [0.717, 1.165) is 10.0 Å². The van der Waals surface area contributed by atoms with Crippen molar-refractivity contribution in [1.82, 2.24) is 9.55 Å². The first kappa shape index (κ1) is 22.9. The number of ether oxygens (including phenoxy) is 1. The number of halogens is 1. The molecular formula is C20H27BrN4O4. The number of H-pyrrole nitrogens is 1. The van der Waals surface area contributed by atoms with Gasteiger partial charge in [-0.15, -0.1) is 0 Å². The number of nitrogen functional groups attached to an aromatic ring is 1. The minimum Gasteiger partial charge on any atom is -0.385 e. The van der Waals surface area contributed by atoms with Gasteiger partial charge in [0.2, 0.25) is 5.91 Å². The molecule has 0 fully saturated rings. The largest absolute Gasteiger partial charge is 0.385 e. The molecule has 2 aromatic rings. The Hall–Kier alpha value is -2.39. The Balaban J connectivity index is 2.45. The third-order valence-corrected chi connectivity index (χ3v) is 4.86. The highest BCUT2D eigenvalue weighted by atomic mass is 79.9. The van der Waals surface area contributed by atoms with Crippen molar-refractivity contribution in [2.24, 2.45) is 5.92 Å². The van der Waals surface area contributed by atoms with Gasteiger partial charge in [-0.05, 0) is 30.0 Å². The number of aromatic nitrogens is 2. The second-order valence-electron chi connectivity index (χ2n) is 7.19. The topological polar surface area (TPSA) is 110 Å². The number of methoxy groups -OCH3 is 1. The molecule has 0 atom stereocenters. The number of nitrogens with zero attached hydrogens (tertiary/aromatic N) is 2. The molecule has 1 aromatic heterocycles. The standard InChI is InChI=1S/C20H27BrN4O4/c1-13(2)12-25-18(22)17(19(27)23-20(25)28)24(9-4-10-29-3)16(26)11-14-5-7-15(21)8-6-14/h5-8,13H,4,9-12,22H2,1-3H3,(H,23,27,28). The van der Waals surface area contributed by atoms with Gasteiger partial charge in [-0.2, -0.15) is 0 Å². The van der Waals surface area contributed by atoms with E-state index in [0.29, 0.717) is 19.6 Å². The fourth-order valence-corrected chi connectivity index (χ4v) is 3.25. The zero-order valence-electron chi connectivity index (χ0n) is 16.9. The third-order valence-electron chi connectivity index (χ3n) is 4.33. The molecule has 2 rings (SSSR count). The van der Waals surface area contributed by atoms with Crippen LogP contribution in [0.1, 0.15) is 25.8 Å². The predicted molar refractivity (Wildman–Crippen MR) is 117 cm³/mol. The predicted octanol–water partition coefficient (Wildman–Crippen LogP) is 2.15. The second kappa shape index (κ2) is 10.4. The summed E-state index contributed by atoms with van der Waals surface area (Å²) in [7, 11) is 1.57. The number of benzene rings is 1. The lowest BCUT2D eigenvalue weighted by atomic mass is 10.1. The normalized spacial score (nSPS) is 11.1. The maximum atomic E-state index is 13.1. The smallest absolute Gasteiger partial charge is 0.330 e. The van der Waals surface area contributed by atoms with Gasteiger partial charge in [-0.25, -0.2) is 4.79 Å². The van der Waals surface area contributed by atoms with Crippen molar-refractivity contribution < 1.29 is 9.53 Å². The summed E-state index contributed by atoms with van der Waals surface area (Å²) >= 11 is 3.37. The van der Waals surface area contributed by atoms with Gasteiger partial charge < -0.3 is 15.4 Å². The average molecular weight is 467 g/mol. The van der Waals surface area contributed by atoms with Crippen LogP contribution in [0.4, 0.5) is 11.5 Å². The molecule has 0 radical (unpaired) electrons. The Morgan fingerprint density at radius 2 is 1.93 bits per heavy atom. The molecule has 8 nitrogen and oxygen atoms in total. The summed E-state index contributed by atoms with van der Waals surface area (Å²) in [5, 5.41) is 0. The number of carbonyl (C=O) groups is 1. The molecule has 29 heavy (non-hydrogen) atoms. The molecule has 0 aliphatic rings. The van der Waals surface area contributed by atoms with Gasteiger partial charge in [0.15, 0.2) is 5.69 Å². The minimum atomic E-state index is -0.672. The van der Waals surface area contributed by atoms with E-state index in [1.54, 1.807) is 7.11 Å². The summed E-state index contributed by atoms with van der Waals surface area (Å²) in [4.78, 5) is 41.6. The molecule has 3 N–H and O–H groups in total. The highest BCUT2D eigenvalue weighted by Gasteiger charge is 2.24. The van der Waals surface area contributed by atoms with Crippen LogP contribution in [0.2, 0.25) is 0 Å². The quantitative estimate of drug-likeness (QED) is 0.550. The van der Waals surface area contributed by atoms with Gasteiger partial charge in [0, 0.05) is 31.3 Å². The van der Waals surface area contributed by atoms with Crippen LogP contribution >= 0.6 is 15.9 Å². The SMILES string of the molecule is COCCCN(C(=O)Cc1ccc(Br)cc1)c1c(N)n(CC(C)C)c(=O)[nH]c1=O. The Bertz CT molecular complexity index is 950. The maximum absolute atomic E-state index is 13.1. The zero-order chi connectivity index (χ0) is 21.6. The Kier molecular flexibility index (Phi) is 8.21. The van der Waals surface area contributed by atoms with Crippen molar-refractivity contribution in [3.05, 3.63) is 55.1 Å². The van der Waals surface area contributed by atoms with E-state index < -0.39 is 11.2 Å². The van der Waals surface area contributed by atoms with Crippen molar-refractivity contribution >= 4 is 33.3 Å². The van der Waals surface area contributed by atoms with Gasteiger partial charge in [0.05, 0.1) is 6.42 Å². The molecule has 0 saturated carbocycles. The van der Waals surface area contributed by atoms with Crippen LogP contribution in [0, 0.1) is 5.92 Å². The number of amides is 1. The number of hydrogen-bond acceptors (Lipinski definition) is 5. The van der Waals surface area contributed by atoms with Gasteiger partial charge >= 0.3 is 5.69 Å². The number of nitrogens with two attached hydrogens (primary N) is 1. The van der Waals surface area contributed by atoms with Crippen LogP contribution in [0.5, 0.6) is 0 Å². The van der Waals surface area contributed by atoms with Crippen molar-refractivity contribution in [2.75, 3.05) is 30.9 Å². The summed E-state index contributed by atoms with van der Waals surface area (Å²) in [5.74, 6) is -0.154. The summed E-state index contributed by atoms with van der Waals surface area (Å²) in [6, 6.07) is 7.37. The lowest BCUT2D eigenvalue weighted by Crippen LogP contribution is -2.42. The monoisotopic (exact) mass is 466 g/mol.